The molecule has 2 N–H and O–H groups in total. The van der Waals surface area contributed by atoms with Crippen LogP contribution in [-0.2, 0) is 20.7 Å². The largest absolute Gasteiger partial charge is 0.374 e. The molecule has 10 nitrogen and oxygen atoms in total. The molecule has 0 radical (unpaired) electrons. The number of hydrogen-bond donors (Lipinski definition) is 2. The van der Waals surface area contributed by atoms with Crippen molar-refractivity contribution in [3.05, 3.63) is 41.2 Å². The number of hydrogen-bond acceptors (Lipinski definition) is 8. The summed E-state index contributed by atoms with van der Waals surface area (Å²) in [6.45, 7) is 2.61. The van der Waals surface area contributed by atoms with Crippen molar-refractivity contribution >= 4 is 46.1 Å². The van der Waals surface area contributed by atoms with E-state index in [4.69, 9.17) is 20.9 Å². The summed E-state index contributed by atoms with van der Waals surface area (Å²) < 4.78 is 11.5. The number of pyridine rings is 1. The van der Waals surface area contributed by atoms with Crippen molar-refractivity contribution in [2.45, 2.75) is 25.5 Å². The molecule has 0 unspecified atom stereocenters. The molecule has 0 saturated carbocycles. The third-order valence-corrected chi connectivity index (χ3v) is 7.06. The van der Waals surface area contributed by atoms with Crippen molar-refractivity contribution < 1.29 is 23.6 Å². The molecular formula is C22H18ClN5O5. The number of nitrogens with zero attached hydrogens (tertiary/aromatic N) is 3. The minimum atomic E-state index is -1.57. The summed E-state index contributed by atoms with van der Waals surface area (Å²) >= 11 is 6.86. The van der Waals surface area contributed by atoms with Crippen molar-refractivity contribution in [2.75, 3.05) is 18.1 Å². The highest BCUT2D eigenvalue weighted by Crippen LogP contribution is 2.51. The number of benzene rings is 1. The van der Waals surface area contributed by atoms with Crippen LogP contribution in [-0.4, -0.2) is 53.3 Å². The van der Waals surface area contributed by atoms with Crippen LogP contribution in [0.3, 0.4) is 0 Å². The van der Waals surface area contributed by atoms with Gasteiger partial charge in [0.05, 0.1) is 29.8 Å². The molecule has 11 heteroatoms. The highest BCUT2D eigenvalue weighted by Gasteiger charge is 2.62. The van der Waals surface area contributed by atoms with Gasteiger partial charge in [-0.05, 0) is 37.1 Å². The fraction of sp³-hybridized carbons (Fsp3) is 0.318. The quantitative estimate of drug-likeness (QED) is 0.520. The van der Waals surface area contributed by atoms with Gasteiger partial charge in [-0.15, -0.1) is 0 Å². The van der Waals surface area contributed by atoms with Gasteiger partial charge < -0.3 is 14.2 Å². The second-order valence-electron chi connectivity index (χ2n) is 8.45. The first-order valence-electron chi connectivity index (χ1n) is 10.5. The lowest BCUT2D eigenvalue weighted by Gasteiger charge is -2.54. The van der Waals surface area contributed by atoms with Gasteiger partial charge in [0.2, 0.25) is 11.8 Å². The van der Waals surface area contributed by atoms with Crippen LogP contribution >= 0.6 is 11.6 Å². The first kappa shape index (κ1) is 20.1. The Labute approximate surface area is 192 Å². The van der Waals surface area contributed by atoms with Crippen LogP contribution in [0.15, 0.2) is 35.1 Å². The summed E-state index contributed by atoms with van der Waals surface area (Å²) in [5.41, 5.74) is 1.52. The maximum absolute atomic E-state index is 13.2. The topological polar surface area (TPSA) is 127 Å². The number of nitrogens with one attached hydrogen (secondary N) is 2. The lowest BCUT2D eigenvalue weighted by molar-refractivity contribution is -0.151. The van der Waals surface area contributed by atoms with Crippen LogP contribution in [0.25, 0.3) is 22.2 Å². The number of carbonyl (C=O) groups excluding carboxylic acids is 3. The summed E-state index contributed by atoms with van der Waals surface area (Å²) in [7, 11) is 0. The van der Waals surface area contributed by atoms with Gasteiger partial charge in [-0.1, -0.05) is 16.8 Å². The SMILES string of the molecule is C[C@@H]1OCCN2c3c(cc4c(-c5cccnc5)noc4c3Cl)CC3(C(=O)NC(=O)NC3=O)[C@@H]12. The summed E-state index contributed by atoms with van der Waals surface area (Å²) in [5.74, 6) is -1.30. The van der Waals surface area contributed by atoms with Crippen molar-refractivity contribution in [1.82, 2.24) is 20.8 Å². The van der Waals surface area contributed by atoms with Crippen LogP contribution < -0.4 is 15.5 Å². The predicted octanol–water partition coefficient (Wildman–Crippen LogP) is 2.05. The van der Waals surface area contributed by atoms with E-state index in [0.29, 0.717) is 46.1 Å². The third-order valence-electron chi connectivity index (χ3n) is 6.71. The van der Waals surface area contributed by atoms with E-state index in [0.717, 1.165) is 5.56 Å². The molecule has 2 atom stereocenters. The molecule has 2 saturated heterocycles. The van der Waals surface area contributed by atoms with Gasteiger partial charge in [0.15, 0.2) is 11.0 Å². The van der Waals surface area contributed by atoms with Gasteiger partial charge in [-0.2, -0.15) is 0 Å². The van der Waals surface area contributed by atoms with Crippen molar-refractivity contribution in [3.8, 4) is 11.3 Å². The van der Waals surface area contributed by atoms with E-state index in [1.807, 2.05) is 24.0 Å². The van der Waals surface area contributed by atoms with E-state index in [-0.39, 0.29) is 6.42 Å². The number of anilines is 1. The van der Waals surface area contributed by atoms with E-state index in [1.54, 1.807) is 18.5 Å². The summed E-state index contributed by atoms with van der Waals surface area (Å²) in [4.78, 5) is 44.4. The Morgan fingerprint density at radius 3 is 2.76 bits per heavy atom. The zero-order valence-corrected chi connectivity index (χ0v) is 18.2. The van der Waals surface area contributed by atoms with Crippen LogP contribution in [0.4, 0.5) is 10.5 Å². The van der Waals surface area contributed by atoms with Crippen LogP contribution in [0.1, 0.15) is 12.5 Å². The first-order valence-corrected chi connectivity index (χ1v) is 10.9. The molecule has 33 heavy (non-hydrogen) atoms. The Kier molecular flexibility index (Phi) is 4.27. The Balaban J connectivity index is 1.60. The van der Waals surface area contributed by atoms with Crippen molar-refractivity contribution in [1.29, 1.82) is 0 Å². The average Bonchev–Trinajstić information content (AvgIpc) is 3.22. The highest BCUT2D eigenvalue weighted by molar-refractivity contribution is 6.38. The molecule has 5 heterocycles. The van der Waals surface area contributed by atoms with Gasteiger partial charge in [-0.25, -0.2) is 4.79 Å². The van der Waals surface area contributed by atoms with Crippen molar-refractivity contribution in [3.63, 3.8) is 0 Å². The molecule has 168 valence electrons. The van der Waals surface area contributed by atoms with E-state index >= 15 is 0 Å². The maximum atomic E-state index is 13.2. The van der Waals surface area contributed by atoms with Crippen LogP contribution in [0, 0.1) is 5.41 Å². The van der Waals surface area contributed by atoms with Gasteiger partial charge in [0.1, 0.15) is 10.7 Å². The van der Waals surface area contributed by atoms with Gasteiger partial charge in [0, 0.05) is 24.5 Å². The molecule has 0 bridgehead atoms. The maximum Gasteiger partial charge on any atom is 0.328 e. The van der Waals surface area contributed by atoms with Crippen LogP contribution in [0.2, 0.25) is 5.02 Å². The number of urea groups is 1. The lowest BCUT2D eigenvalue weighted by Crippen LogP contribution is -2.74. The zero-order chi connectivity index (χ0) is 22.9. The van der Waals surface area contributed by atoms with Crippen LogP contribution in [0.5, 0.6) is 0 Å². The number of ether oxygens (including phenoxy) is 1. The summed E-state index contributed by atoms with van der Waals surface area (Å²) in [6, 6.07) is 4.00. The summed E-state index contributed by atoms with van der Waals surface area (Å²) in [5, 5.41) is 9.76. The molecule has 2 aromatic heterocycles. The lowest BCUT2D eigenvalue weighted by atomic mass is 9.66. The minimum Gasteiger partial charge on any atom is -0.374 e. The molecule has 3 aliphatic heterocycles. The monoisotopic (exact) mass is 467 g/mol. The van der Waals surface area contributed by atoms with Gasteiger partial charge in [0.25, 0.3) is 0 Å². The van der Waals surface area contributed by atoms with E-state index in [2.05, 4.69) is 20.8 Å². The normalized spacial score (nSPS) is 23.8. The second-order valence-corrected chi connectivity index (χ2v) is 8.83. The Hall–Kier alpha value is -3.50. The van der Waals surface area contributed by atoms with Gasteiger partial charge in [-0.3, -0.25) is 25.2 Å². The fourth-order valence-electron chi connectivity index (χ4n) is 5.37. The Bertz CT molecular complexity index is 1320. The minimum absolute atomic E-state index is 0.0372. The molecule has 6 rings (SSSR count). The summed E-state index contributed by atoms with van der Waals surface area (Å²) in [6.07, 6.45) is 2.89. The highest BCUT2D eigenvalue weighted by atomic mass is 35.5. The number of barbiturate groups is 1. The number of aromatic nitrogens is 2. The predicted molar refractivity (Wildman–Crippen MR) is 117 cm³/mol. The third kappa shape index (κ3) is 2.67. The molecule has 4 amide bonds. The number of amides is 4. The van der Waals surface area contributed by atoms with E-state index in [9.17, 15) is 14.4 Å². The number of fused-ring (bicyclic) bond motifs is 5. The molecule has 1 spiro atoms. The number of morpholine rings is 1. The fourth-order valence-corrected chi connectivity index (χ4v) is 5.74. The standard InChI is InChI=1S/C22H18ClN5O5/c1-10-18-22(19(29)25-21(31)26-20(22)30)8-12-7-13-15(11-3-2-4-24-9-11)27-33-17(13)14(23)16(12)28(18)5-6-32-10/h2-4,7,9-10,18H,5-6,8H2,1H3,(H2,25,26,29,30,31)/t10-,18+/m0/s1. The molecule has 2 fully saturated rings. The Morgan fingerprint density at radius 1 is 1.24 bits per heavy atom. The molecule has 0 aliphatic carbocycles. The smallest absolute Gasteiger partial charge is 0.328 e. The van der Waals surface area contributed by atoms with E-state index in [1.165, 1.54) is 0 Å². The number of imide groups is 2. The number of halogens is 1. The second kappa shape index (κ2) is 7.00. The molecular weight excluding hydrogens is 450 g/mol. The number of carbonyl (C=O) groups is 3. The Morgan fingerprint density at radius 2 is 2.03 bits per heavy atom. The van der Waals surface area contributed by atoms with Gasteiger partial charge >= 0.3 is 6.03 Å². The molecule has 1 aromatic carbocycles. The van der Waals surface area contributed by atoms with Crippen molar-refractivity contribution in [2.24, 2.45) is 5.41 Å². The average molecular weight is 468 g/mol. The van der Waals surface area contributed by atoms with E-state index < -0.39 is 35.4 Å². The zero-order valence-electron chi connectivity index (χ0n) is 17.4. The molecule has 3 aliphatic rings. The molecule has 3 aromatic rings. The number of rotatable bonds is 1. The first-order chi connectivity index (χ1) is 15.9.